The number of carbonyl (C=O) groups is 2. The minimum absolute atomic E-state index is 0.00492. The molecule has 2 amide bonds. The summed E-state index contributed by atoms with van der Waals surface area (Å²) in [6.45, 7) is 4.67. The average molecular weight is 463 g/mol. The van der Waals surface area contributed by atoms with Gasteiger partial charge in [-0.05, 0) is 12.5 Å². The second-order valence-electron chi connectivity index (χ2n) is 8.35. The molecule has 32 heavy (non-hydrogen) atoms. The summed E-state index contributed by atoms with van der Waals surface area (Å²) in [5.41, 5.74) is 7.93. The number of hydrogen-bond donors (Lipinski definition) is 4. The molecular weight excluding hydrogens is 430 g/mol. The second kappa shape index (κ2) is 11.6. The van der Waals surface area contributed by atoms with Crippen LogP contribution >= 0.6 is 11.6 Å². The summed E-state index contributed by atoms with van der Waals surface area (Å²) in [7, 11) is 5.80. The van der Waals surface area contributed by atoms with Gasteiger partial charge in [-0.2, -0.15) is 0 Å². The number of aryl methyl sites for hydroxylation is 1. The van der Waals surface area contributed by atoms with Gasteiger partial charge >= 0.3 is 0 Å². The molecule has 0 bridgehead atoms. The lowest BCUT2D eigenvalue weighted by Crippen LogP contribution is -2.46. The number of hydrogen-bond acceptors (Lipinski definition) is 6. The van der Waals surface area contributed by atoms with E-state index in [0.717, 1.165) is 18.5 Å². The molecule has 1 aromatic carbocycles. The molecule has 1 aromatic heterocycles. The van der Waals surface area contributed by atoms with Crippen LogP contribution in [0.15, 0.2) is 24.3 Å². The van der Waals surface area contributed by atoms with Crippen LogP contribution in [0.25, 0.3) is 0 Å². The first-order chi connectivity index (χ1) is 15.1. The Balaban J connectivity index is 1.71. The minimum atomic E-state index is -0.368. The molecular formula is C22H33ClN7O2+. The van der Waals surface area contributed by atoms with Crippen molar-refractivity contribution in [3.05, 3.63) is 46.2 Å². The van der Waals surface area contributed by atoms with Crippen LogP contribution in [0.5, 0.6) is 0 Å². The number of rotatable bonds is 11. The fraction of sp³-hybridized carbons (Fsp3) is 0.455. The van der Waals surface area contributed by atoms with Gasteiger partial charge in [0.05, 0.1) is 40.2 Å². The molecule has 2 rings (SSSR count). The number of anilines is 2. The number of likely N-dealkylation sites (N-methyl/N-ethyl adjacent to an activating group) is 1. The molecule has 2 aromatic rings. The predicted molar refractivity (Wildman–Crippen MR) is 128 cm³/mol. The molecule has 0 fully saturated rings. The molecule has 1 heterocycles. The van der Waals surface area contributed by atoms with E-state index in [1.54, 1.807) is 7.05 Å². The van der Waals surface area contributed by atoms with Crippen molar-refractivity contribution in [3.63, 3.8) is 0 Å². The monoisotopic (exact) mass is 462 g/mol. The number of benzene rings is 1. The van der Waals surface area contributed by atoms with E-state index < -0.39 is 0 Å². The largest absolute Gasteiger partial charge is 0.381 e. The Bertz CT molecular complexity index is 933. The predicted octanol–water partition coefficient (Wildman–Crippen LogP) is 1.62. The SMILES string of the molecule is CNc1nc(N)c(Cl)nc1C(=O)NCC[N+](C)(C)CCCNC(=O)Cc1ccc(C)cc1. The van der Waals surface area contributed by atoms with Gasteiger partial charge in [0.15, 0.2) is 22.5 Å². The van der Waals surface area contributed by atoms with Crippen LogP contribution in [0.1, 0.15) is 28.0 Å². The highest BCUT2D eigenvalue weighted by molar-refractivity contribution is 6.31. The Hall–Kier alpha value is -2.91. The third kappa shape index (κ3) is 7.97. The minimum Gasteiger partial charge on any atom is -0.381 e. The van der Waals surface area contributed by atoms with Crippen LogP contribution in [-0.2, 0) is 11.2 Å². The molecule has 0 aliphatic rings. The number of aromatic nitrogens is 2. The first-order valence-corrected chi connectivity index (χ1v) is 10.9. The van der Waals surface area contributed by atoms with E-state index in [1.165, 1.54) is 5.56 Å². The lowest BCUT2D eigenvalue weighted by molar-refractivity contribution is -0.889. The van der Waals surface area contributed by atoms with Crippen LogP contribution in [-0.4, -0.2) is 73.6 Å². The fourth-order valence-electron chi connectivity index (χ4n) is 3.12. The van der Waals surface area contributed by atoms with Crippen molar-refractivity contribution >= 4 is 35.1 Å². The van der Waals surface area contributed by atoms with Gasteiger partial charge in [0.25, 0.3) is 5.91 Å². The summed E-state index contributed by atoms with van der Waals surface area (Å²) >= 11 is 5.90. The van der Waals surface area contributed by atoms with Crippen LogP contribution in [0.2, 0.25) is 5.15 Å². The summed E-state index contributed by atoms with van der Waals surface area (Å²) in [5, 5.41) is 8.62. The number of nitrogens with zero attached hydrogens (tertiary/aromatic N) is 3. The summed E-state index contributed by atoms with van der Waals surface area (Å²) in [6.07, 6.45) is 1.22. The fourth-order valence-corrected chi connectivity index (χ4v) is 3.24. The second-order valence-corrected chi connectivity index (χ2v) is 8.71. The average Bonchev–Trinajstić information content (AvgIpc) is 2.74. The van der Waals surface area contributed by atoms with Gasteiger partial charge in [0.1, 0.15) is 0 Å². The van der Waals surface area contributed by atoms with Crippen molar-refractivity contribution in [3.8, 4) is 0 Å². The van der Waals surface area contributed by atoms with Crippen molar-refractivity contribution < 1.29 is 14.1 Å². The zero-order valence-corrected chi connectivity index (χ0v) is 19.9. The number of nitrogen functional groups attached to an aromatic ring is 1. The first kappa shape index (κ1) is 25.4. The molecule has 5 N–H and O–H groups in total. The van der Waals surface area contributed by atoms with Crippen molar-refractivity contribution in [1.82, 2.24) is 20.6 Å². The summed E-state index contributed by atoms with van der Waals surface area (Å²) in [4.78, 5) is 32.6. The Morgan fingerprint density at radius 2 is 1.75 bits per heavy atom. The number of nitrogens with one attached hydrogen (secondary N) is 3. The summed E-state index contributed by atoms with van der Waals surface area (Å²) < 4.78 is 0.696. The molecule has 0 atom stereocenters. The third-order valence-corrected chi connectivity index (χ3v) is 5.36. The smallest absolute Gasteiger partial charge is 0.274 e. The maximum Gasteiger partial charge on any atom is 0.274 e. The molecule has 9 nitrogen and oxygen atoms in total. The molecule has 10 heteroatoms. The number of quaternary nitrogens is 1. The summed E-state index contributed by atoms with van der Waals surface area (Å²) in [5.74, 6) is -0.00185. The Morgan fingerprint density at radius 1 is 1.06 bits per heavy atom. The number of amides is 2. The van der Waals surface area contributed by atoms with E-state index in [9.17, 15) is 9.59 Å². The lowest BCUT2D eigenvalue weighted by atomic mass is 10.1. The first-order valence-electron chi connectivity index (χ1n) is 10.5. The highest BCUT2D eigenvalue weighted by atomic mass is 35.5. The maximum absolute atomic E-state index is 12.5. The normalized spacial score (nSPS) is 11.2. The van der Waals surface area contributed by atoms with Gasteiger partial charge in [0.2, 0.25) is 5.91 Å². The van der Waals surface area contributed by atoms with Gasteiger partial charge in [0, 0.05) is 20.0 Å². The van der Waals surface area contributed by atoms with Crippen LogP contribution < -0.4 is 21.7 Å². The van der Waals surface area contributed by atoms with Crippen LogP contribution in [0.4, 0.5) is 11.6 Å². The third-order valence-electron chi connectivity index (χ3n) is 5.08. The Kier molecular flexibility index (Phi) is 9.22. The van der Waals surface area contributed by atoms with Gasteiger partial charge < -0.3 is 26.2 Å². The van der Waals surface area contributed by atoms with Crippen molar-refractivity contribution in [2.75, 3.05) is 58.4 Å². The van der Waals surface area contributed by atoms with Crippen molar-refractivity contribution in [2.24, 2.45) is 0 Å². The van der Waals surface area contributed by atoms with Gasteiger partial charge in [-0.3, -0.25) is 9.59 Å². The standard InChI is InChI=1S/C22H32ClN7O2/c1-15-6-8-16(9-7-15)14-17(31)26-10-5-12-30(3,4)13-11-27-22(32)18-21(25-2)29-20(24)19(23)28-18/h6-9H,5,10-14H2,1-4H3,(H4-,24,25,26,27,29,31,32)/p+1. The highest BCUT2D eigenvalue weighted by Crippen LogP contribution is 2.19. The molecule has 0 aliphatic carbocycles. The topological polar surface area (TPSA) is 122 Å². The van der Waals surface area contributed by atoms with E-state index in [2.05, 4.69) is 40.0 Å². The van der Waals surface area contributed by atoms with Crippen molar-refractivity contribution in [1.29, 1.82) is 0 Å². The molecule has 0 saturated carbocycles. The lowest BCUT2D eigenvalue weighted by Gasteiger charge is -2.30. The quantitative estimate of drug-likeness (QED) is 0.297. The molecule has 0 unspecified atom stereocenters. The van der Waals surface area contributed by atoms with Gasteiger partial charge in [-0.25, -0.2) is 9.97 Å². The molecule has 0 spiro atoms. The number of carbonyl (C=O) groups excluding carboxylic acids is 2. The zero-order valence-electron chi connectivity index (χ0n) is 19.2. The molecule has 0 saturated heterocycles. The van der Waals surface area contributed by atoms with E-state index in [0.29, 0.717) is 30.5 Å². The zero-order chi connectivity index (χ0) is 23.7. The number of nitrogens with two attached hydrogens (primary N) is 1. The van der Waals surface area contributed by atoms with E-state index >= 15 is 0 Å². The molecule has 174 valence electrons. The van der Waals surface area contributed by atoms with E-state index in [1.807, 2.05) is 31.2 Å². The summed E-state index contributed by atoms with van der Waals surface area (Å²) in [6, 6.07) is 7.98. The van der Waals surface area contributed by atoms with E-state index in [-0.39, 0.29) is 34.3 Å². The van der Waals surface area contributed by atoms with Crippen molar-refractivity contribution in [2.45, 2.75) is 19.8 Å². The van der Waals surface area contributed by atoms with Crippen LogP contribution in [0.3, 0.4) is 0 Å². The molecule has 0 radical (unpaired) electrons. The maximum atomic E-state index is 12.5. The van der Waals surface area contributed by atoms with E-state index in [4.69, 9.17) is 17.3 Å². The number of halogens is 1. The highest BCUT2D eigenvalue weighted by Gasteiger charge is 2.19. The van der Waals surface area contributed by atoms with Gasteiger partial charge in [-0.15, -0.1) is 0 Å². The molecule has 0 aliphatic heterocycles. The Labute approximate surface area is 194 Å². The van der Waals surface area contributed by atoms with Crippen LogP contribution in [0, 0.1) is 6.92 Å². The van der Waals surface area contributed by atoms with Gasteiger partial charge in [-0.1, -0.05) is 41.4 Å². The Morgan fingerprint density at radius 3 is 2.41 bits per heavy atom.